The van der Waals surface area contributed by atoms with Crippen molar-refractivity contribution in [3.05, 3.63) is 65.1 Å². The molecule has 2 N–H and O–H groups in total. The summed E-state index contributed by atoms with van der Waals surface area (Å²) in [5.74, 6) is -0.411. The highest BCUT2D eigenvalue weighted by molar-refractivity contribution is 5.95. The molecule has 4 rings (SSSR count). The summed E-state index contributed by atoms with van der Waals surface area (Å²) in [7, 11) is 0. The number of pyridine rings is 1. The minimum Gasteiger partial charge on any atom is -0.379 e. The number of benzene rings is 2. The first-order chi connectivity index (χ1) is 16.0. The standard InChI is InChI=1S/C25H26FN5O2/c1-17-11-20(26)13-22-24(17)29-16-19(14-27)25(22)28-15-18-3-2-4-21(12-18)30-23(32)5-6-31-7-9-33-10-8-31/h2-4,11-13,16H,5-10,15H2,1H3,(H,28,29)(H,30,32). The molecule has 33 heavy (non-hydrogen) atoms. The van der Waals surface area contributed by atoms with Gasteiger partial charge in [0.25, 0.3) is 0 Å². The summed E-state index contributed by atoms with van der Waals surface area (Å²) in [6, 6.07) is 12.5. The van der Waals surface area contributed by atoms with E-state index >= 15 is 0 Å². The fourth-order valence-corrected chi connectivity index (χ4v) is 3.97. The average molecular weight is 448 g/mol. The van der Waals surface area contributed by atoms with Crippen LogP contribution in [0.2, 0.25) is 0 Å². The lowest BCUT2D eigenvalue weighted by Crippen LogP contribution is -2.38. The molecule has 0 radical (unpaired) electrons. The maximum atomic E-state index is 14.0. The van der Waals surface area contributed by atoms with Crippen LogP contribution in [0.25, 0.3) is 10.9 Å². The Labute approximate surface area is 192 Å². The van der Waals surface area contributed by atoms with Gasteiger partial charge in [0.1, 0.15) is 11.9 Å². The number of nitrogens with one attached hydrogen (secondary N) is 2. The second-order valence-electron chi connectivity index (χ2n) is 8.08. The Morgan fingerprint density at radius 2 is 2.09 bits per heavy atom. The molecule has 1 amide bonds. The van der Waals surface area contributed by atoms with E-state index < -0.39 is 0 Å². The Morgan fingerprint density at radius 1 is 1.27 bits per heavy atom. The Balaban J connectivity index is 1.43. The van der Waals surface area contributed by atoms with Crippen molar-refractivity contribution in [1.82, 2.24) is 9.88 Å². The van der Waals surface area contributed by atoms with Gasteiger partial charge in [0.05, 0.1) is 30.0 Å². The number of morpholine rings is 1. The van der Waals surface area contributed by atoms with Crippen molar-refractivity contribution in [2.75, 3.05) is 43.5 Å². The highest BCUT2D eigenvalue weighted by Gasteiger charge is 2.14. The Hall–Kier alpha value is -3.54. The number of rotatable bonds is 7. The average Bonchev–Trinajstić information content (AvgIpc) is 2.82. The van der Waals surface area contributed by atoms with E-state index in [1.54, 1.807) is 6.92 Å². The Bertz CT molecular complexity index is 1200. The lowest BCUT2D eigenvalue weighted by molar-refractivity contribution is -0.116. The number of carbonyl (C=O) groups is 1. The fourth-order valence-electron chi connectivity index (χ4n) is 3.97. The van der Waals surface area contributed by atoms with E-state index in [0.29, 0.717) is 66.1 Å². The van der Waals surface area contributed by atoms with Crippen molar-refractivity contribution in [2.45, 2.75) is 19.9 Å². The third-order valence-electron chi connectivity index (χ3n) is 5.69. The molecule has 1 aliphatic rings. The van der Waals surface area contributed by atoms with E-state index in [1.807, 2.05) is 24.3 Å². The lowest BCUT2D eigenvalue weighted by atomic mass is 10.1. The van der Waals surface area contributed by atoms with Gasteiger partial charge in [-0.3, -0.25) is 14.7 Å². The molecule has 2 heterocycles. The van der Waals surface area contributed by atoms with Crippen molar-refractivity contribution in [3.8, 4) is 6.07 Å². The molecule has 1 fully saturated rings. The van der Waals surface area contributed by atoms with Crippen LogP contribution >= 0.6 is 0 Å². The van der Waals surface area contributed by atoms with E-state index in [-0.39, 0.29) is 11.7 Å². The van der Waals surface area contributed by atoms with Crippen LogP contribution in [-0.4, -0.2) is 48.6 Å². The van der Waals surface area contributed by atoms with E-state index in [1.165, 1.54) is 18.3 Å². The van der Waals surface area contributed by atoms with Gasteiger partial charge in [-0.25, -0.2) is 4.39 Å². The molecule has 170 valence electrons. The van der Waals surface area contributed by atoms with Crippen LogP contribution in [0.4, 0.5) is 15.8 Å². The highest BCUT2D eigenvalue weighted by atomic mass is 19.1. The number of anilines is 2. The molecule has 0 unspecified atom stereocenters. The number of carbonyl (C=O) groups excluding carboxylic acids is 1. The second kappa shape index (κ2) is 10.4. The van der Waals surface area contributed by atoms with Crippen molar-refractivity contribution in [3.63, 3.8) is 0 Å². The predicted octanol–water partition coefficient (Wildman–Crippen LogP) is 3.83. The fraction of sp³-hybridized carbons (Fsp3) is 0.320. The molecule has 1 aliphatic heterocycles. The van der Waals surface area contributed by atoms with E-state index in [0.717, 1.165) is 18.7 Å². The Kier molecular flexibility index (Phi) is 7.13. The highest BCUT2D eigenvalue weighted by Crippen LogP contribution is 2.29. The van der Waals surface area contributed by atoms with Crippen LogP contribution in [0.15, 0.2) is 42.6 Å². The van der Waals surface area contributed by atoms with Gasteiger partial charge in [-0.1, -0.05) is 12.1 Å². The molecule has 1 saturated heterocycles. The number of hydrogen-bond donors (Lipinski definition) is 2. The van der Waals surface area contributed by atoms with Crippen LogP contribution in [0.3, 0.4) is 0 Å². The van der Waals surface area contributed by atoms with Gasteiger partial charge in [0, 0.05) is 49.9 Å². The summed E-state index contributed by atoms with van der Waals surface area (Å²) < 4.78 is 19.4. The summed E-state index contributed by atoms with van der Waals surface area (Å²) in [5, 5.41) is 16.3. The molecular weight excluding hydrogens is 421 g/mol. The van der Waals surface area contributed by atoms with Crippen LogP contribution < -0.4 is 10.6 Å². The van der Waals surface area contributed by atoms with E-state index in [4.69, 9.17) is 4.74 Å². The van der Waals surface area contributed by atoms with E-state index in [9.17, 15) is 14.4 Å². The first-order valence-electron chi connectivity index (χ1n) is 10.9. The summed E-state index contributed by atoms with van der Waals surface area (Å²) in [5.41, 5.74) is 3.88. The first-order valence-corrected chi connectivity index (χ1v) is 10.9. The maximum Gasteiger partial charge on any atom is 0.225 e. The van der Waals surface area contributed by atoms with Crippen LogP contribution in [0.1, 0.15) is 23.1 Å². The van der Waals surface area contributed by atoms with Crippen LogP contribution in [-0.2, 0) is 16.1 Å². The van der Waals surface area contributed by atoms with Crippen molar-refractivity contribution in [2.24, 2.45) is 0 Å². The van der Waals surface area contributed by atoms with Gasteiger partial charge in [0.15, 0.2) is 0 Å². The van der Waals surface area contributed by atoms with E-state index in [2.05, 4.69) is 26.6 Å². The van der Waals surface area contributed by atoms with Gasteiger partial charge >= 0.3 is 0 Å². The molecule has 3 aromatic rings. The molecule has 0 atom stereocenters. The van der Waals surface area contributed by atoms with Crippen LogP contribution in [0.5, 0.6) is 0 Å². The lowest BCUT2D eigenvalue weighted by Gasteiger charge is -2.26. The molecule has 2 aromatic carbocycles. The van der Waals surface area contributed by atoms with Gasteiger partial charge in [-0.2, -0.15) is 5.26 Å². The van der Waals surface area contributed by atoms with Crippen molar-refractivity contribution >= 4 is 28.2 Å². The molecule has 0 aliphatic carbocycles. The second-order valence-corrected chi connectivity index (χ2v) is 8.08. The van der Waals surface area contributed by atoms with Crippen LogP contribution in [0, 0.1) is 24.1 Å². The summed E-state index contributed by atoms with van der Waals surface area (Å²) in [6.45, 7) is 6.03. The third-order valence-corrected chi connectivity index (χ3v) is 5.69. The number of amides is 1. The summed E-state index contributed by atoms with van der Waals surface area (Å²) >= 11 is 0. The molecule has 0 spiro atoms. The SMILES string of the molecule is Cc1cc(F)cc2c(NCc3cccc(NC(=O)CCN4CCOCC4)c3)c(C#N)cnc12. The summed E-state index contributed by atoms with van der Waals surface area (Å²) in [6.07, 6.45) is 1.92. The first kappa shape index (κ1) is 22.6. The predicted molar refractivity (Wildman–Crippen MR) is 125 cm³/mol. The number of nitriles is 1. The van der Waals surface area contributed by atoms with Gasteiger partial charge in [-0.15, -0.1) is 0 Å². The quantitative estimate of drug-likeness (QED) is 0.572. The zero-order chi connectivity index (χ0) is 23.2. The largest absolute Gasteiger partial charge is 0.379 e. The number of aryl methyl sites for hydroxylation is 1. The minimum absolute atomic E-state index is 0.0376. The number of ether oxygens (including phenoxy) is 1. The molecule has 0 bridgehead atoms. The number of hydrogen-bond acceptors (Lipinski definition) is 6. The zero-order valence-corrected chi connectivity index (χ0v) is 18.5. The van der Waals surface area contributed by atoms with Gasteiger partial charge in [-0.05, 0) is 42.3 Å². The topological polar surface area (TPSA) is 90.3 Å². The number of aromatic nitrogens is 1. The smallest absolute Gasteiger partial charge is 0.225 e. The van der Waals surface area contributed by atoms with Crippen molar-refractivity contribution < 1.29 is 13.9 Å². The minimum atomic E-state index is -0.373. The van der Waals surface area contributed by atoms with Gasteiger partial charge in [0.2, 0.25) is 5.91 Å². The van der Waals surface area contributed by atoms with Gasteiger partial charge < -0.3 is 15.4 Å². The Morgan fingerprint density at radius 3 is 2.88 bits per heavy atom. The third kappa shape index (κ3) is 5.64. The summed E-state index contributed by atoms with van der Waals surface area (Å²) in [4.78, 5) is 18.9. The number of halogens is 1. The zero-order valence-electron chi connectivity index (χ0n) is 18.5. The molecule has 0 saturated carbocycles. The van der Waals surface area contributed by atoms with Crippen molar-refractivity contribution in [1.29, 1.82) is 5.26 Å². The number of fused-ring (bicyclic) bond motifs is 1. The molecule has 1 aromatic heterocycles. The molecule has 7 nitrogen and oxygen atoms in total. The monoisotopic (exact) mass is 447 g/mol. The maximum absolute atomic E-state index is 14.0. The molecule has 8 heteroatoms. The normalized spacial score (nSPS) is 14.1. The molecular formula is C25H26FN5O2. The number of nitrogens with zero attached hydrogens (tertiary/aromatic N) is 3.